The molecule has 0 atom stereocenters. The third-order valence-electron chi connectivity index (χ3n) is 0.500. The third kappa shape index (κ3) is 36.0. The maximum absolute atomic E-state index is 8.93. The van der Waals surface area contributed by atoms with Gasteiger partial charge in [0.05, 0.1) is 35.8 Å². The smallest absolute Gasteiger partial charge is 0.543 e. The molecule has 0 aromatic rings. The molecule has 0 spiro atoms. The molecule has 0 aromatic carbocycles. The summed E-state index contributed by atoms with van der Waals surface area (Å²) in [6, 6.07) is 0. The molecule has 115 valence electrons. The molecule has 0 aliphatic carbocycles. The minimum absolute atomic E-state index is 0. The molecular weight excluding hydrogens is 507 g/mol. The second-order valence-electron chi connectivity index (χ2n) is 1.72. The van der Waals surface area contributed by atoms with Gasteiger partial charge in [-0.3, -0.25) is 0 Å². The molecule has 1 radical (unpaired) electrons. The Morgan fingerprint density at radius 2 is 0.450 bits per heavy atom. The predicted octanol–water partition coefficient (Wildman–Crippen LogP) is -10.5. The Labute approximate surface area is 133 Å². The van der Waals surface area contributed by atoms with E-state index in [0.29, 0.717) is 0 Å². The number of aliphatic carboxylic acids is 6. The topological polar surface area (TPSA) is 241 Å². The summed E-state index contributed by atoms with van der Waals surface area (Å²) in [5, 5.41) is 53.6. The van der Waals surface area contributed by atoms with Crippen LogP contribution >= 0.6 is 0 Å². The van der Waals surface area contributed by atoms with Crippen LogP contribution in [0.5, 0.6) is 0 Å². The summed E-state index contributed by atoms with van der Waals surface area (Å²) >= 11 is 0. The van der Waals surface area contributed by atoms with Crippen LogP contribution in [0.3, 0.4) is 0 Å². The van der Waals surface area contributed by atoms with Gasteiger partial charge in [-0.2, -0.15) is 0 Å². The SMILES string of the molecule is O=C([O-])C(=O)[O-].O=C([O-])C(=O)[O-].O=C([O-])C(=O)[O-].[Co+2].[W]. The average molecular weight is 507 g/mol. The predicted molar refractivity (Wildman–Crippen MR) is 30.0 cm³/mol. The van der Waals surface area contributed by atoms with Crippen LogP contribution in [0.25, 0.3) is 0 Å². The van der Waals surface area contributed by atoms with Gasteiger partial charge in [-0.25, -0.2) is 0 Å². The van der Waals surface area contributed by atoms with E-state index in [0.717, 1.165) is 0 Å². The second-order valence-corrected chi connectivity index (χ2v) is 1.72. The van der Waals surface area contributed by atoms with Crippen molar-refractivity contribution >= 4 is 35.8 Å². The molecule has 0 saturated heterocycles. The first-order chi connectivity index (χ1) is 7.93. The number of carbonyl (C=O) groups excluding carboxylic acids is 6. The number of carboxylic acids is 6. The Balaban J connectivity index is -0.0000000536. The van der Waals surface area contributed by atoms with Gasteiger partial charge in [0.1, 0.15) is 0 Å². The van der Waals surface area contributed by atoms with E-state index in [1.165, 1.54) is 0 Å². The summed E-state index contributed by atoms with van der Waals surface area (Å²) in [5.41, 5.74) is 0. The first-order valence-electron chi connectivity index (χ1n) is 3.20. The molecule has 0 N–H and O–H groups in total. The molecule has 0 unspecified atom stereocenters. The van der Waals surface area contributed by atoms with Crippen LogP contribution in [0.4, 0.5) is 0 Å². The van der Waals surface area contributed by atoms with Gasteiger partial charge in [0, 0.05) is 21.1 Å². The molecule has 12 nitrogen and oxygen atoms in total. The molecule has 0 fully saturated rings. The Morgan fingerprint density at radius 3 is 0.450 bits per heavy atom. The monoisotopic (exact) mass is 507 g/mol. The number of carboxylic acid groups (broad SMARTS) is 6. The van der Waals surface area contributed by atoms with Crippen molar-refractivity contribution in [3.63, 3.8) is 0 Å². The molecule has 0 amide bonds. The molecule has 0 heterocycles. The third-order valence-corrected chi connectivity index (χ3v) is 0.500. The summed E-state index contributed by atoms with van der Waals surface area (Å²) in [5.74, 6) is -13.1. The summed E-state index contributed by atoms with van der Waals surface area (Å²) in [6.45, 7) is 0. The van der Waals surface area contributed by atoms with Crippen LogP contribution in [0.2, 0.25) is 0 Å². The van der Waals surface area contributed by atoms with Crippen molar-refractivity contribution in [1.82, 2.24) is 0 Å². The fraction of sp³-hybridized carbons (Fsp3) is 0. The largest absolute Gasteiger partial charge is 2.00 e. The van der Waals surface area contributed by atoms with Crippen molar-refractivity contribution in [2.24, 2.45) is 0 Å². The quantitative estimate of drug-likeness (QED) is 0.278. The summed E-state index contributed by atoms with van der Waals surface area (Å²) < 4.78 is 0. The van der Waals surface area contributed by atoms with Gasteiger partial charge in [0.2, 0.25) is 0 Å². The van der Waals surface area contributed by atoms with E-state index in [1.54, 1.807) is 0 Å². The van der Waals surface area contributed by atoms with Crippen molar-refractivity contribution in [1.29, 1.82) is 0 Å². The van der Waals surface area contributed by atoms with Crippen molar-refractivity contribution in [3.8, 4) is 0 Å². The summed E-state index contributed by atoms with van der Waals surface area (Å²) in [4.78, 5) is 53.6. The molecule has 0 bridgehead atoms. The van der Waals surface area contributed by atoms with Crippen molar-refractivity contribution in [2.75, 3.05) is 0 Å². The zero-order valence-electron chi connectivity index (χ0n) is 8.64. The number of hydrogen-bond acceptors (Lipinski definition) is 12. The van der Waals surface area contributed by atoms with Gasteiger partial charge in [0.15, 0.2) is 0 Å². The number of carbonyl (C=O) groups is 6. The minimum atomic E-state index is -2.19. The van der Waals surface area contributed by atoms with Gasteiger partial charge in [0.25, 0.3) is 0 Å². The first kappa shape index (κ1) is 30.8. The van der Waals surface area contributed by atoms with E-state index in [-0.39, 0.29) is 37.8 Å². The van der Waals surface area contributed by atoms with E-state index in [4.69, 9.17) is 59.4 Å². The fourth-order valence-corrected chi connectivity index (χ4v) is 0. The van der Waals surface area contributed by atoms with Crippen molar-refractivity contribution in [3.05, 3.63) is 0 Å². The Bertz CT molecular complexity index is 283. The minimum Gasteiger partial charge on any atom is -0.543 e. The molecule has 0 rings (SSSR count). The maximum Gasteiger partial charge on any atom is 2.00 e. The zero-order valence-corrected chi connectivity index (χ0v) is 12.6. The van der Waals surface area contributed by atoms with Crippen LogP contribution in [0.15, 0.2) is 0 Å². The van der Waals surface area contributed by atoms with E-state index < -0.39 is 35.8 Å². The fourth-order valence-electron chi connectivity index (χ4n) is 0. The van der Waals surface area contributed by atoms with E-state index in [2.05, 4.69) is 0 Å². The average Bonchev–Trinajstić information content (AvgIpc) is 2.18. The van der Waals surface area contributed by atoms with Crippen LogP contribution in [-0.4, -0.2) is 35.8 Å². The molecular formula is C6CoO12W-4. The van der Waals surface area contributed by atoms with E-state index in [9.17, 15) is 0 Å². The van der Waals surface area contributed by atoms with Crippen molar-refractivity contribution in [2.45, 2.75) is 0 Å². The summed E-state index contributed by atoms with van der Waals surface area (Å²) in [6.07, 6.45) is 0. The number of rotatable bonds is 0. The Hall–Kier alpha value is -1.99. The van der Waals surface area contributed by atoms with Gasteiger partial charge >= 0.3 is 16.8 Å². The second kappa shape index (κ2) is 17.0. The standard InChI is InChI=1S/3C2H2O4.Co.W/c3*3-1(4)2(5)6;;/h3*(H,3,4)(H,5,6);;/q;;;+2;/p-6. The number of hydrogen-bond donors (Lipinski definition) is 0. The van der Waals surface area contributed by atoms with Gasteiger partial charge in [-0.05, 0) is 0 Å². The zero-order chi connectivity index (χ0) is 15.5. The molecule has 0 aliphatic heterocycles. The van der Waals surface area contributed by atoms with Crippen LogP contribution in [0.1, 0.15) is 0 Å². The van der Waals surface area contributed by atoms with Gasteiger partial charge in [-0.15, -0.1) is 0 Å². The van der Waals surface area contributed by atoms with Gasteiger partial charge < -0.3 is 59.4 Å². The van der Waals surface area contributed by atoms with Crippen LogP contribution in [0, 0.1) is 0 Å². The van der Waals surface area contributed by atoms with Crippen molar-refractivity contribution < 1.29 is 97.3 Å². The Morgan fingerprint density at radius 1 is 0.400 bits per heavy atom. The first-order valence-corrected chi connectivity index (χ1v) is 3.20. The molecule has 0 saturated carbocycles. The molecule has 14 heteroatoms. The van der Waals surface area contributed by atoms with E-state index >= 15 is 0 Å². The normalized spacial score (nSPS) is 6.60. The molecule has 0 aliphatic rings. The van der Waals surface area contributed by atoms with Crippen LogP contribution < -0.4 is 30.6 Å². The van der Waals surface area contributed by atoms with Crippen LogP contribution in [-0.2, 0) is 66.6 Å². The maximum atomic E-state index is 8.93. The van der Waals surface area contributed by atoms with Gasteiger partial charge in [-0.1, -0.05) is 0 Å². The summed E-state index contributed by atoms with van der Waals surface area (Å²) in [7, 11) is 0. The molecule has 0 aromatic heterocycles. The molecule has 20 heavy (non-hydrogen) atoms. The van der Waals surface area contributed by atoms with E-state index in [1.807, 2.05) is 0 Å². The Kier molecular flexibility index (Phi) is 26.2.